The Morgan fingerprint density at radius 3 is 2.57 bits per heavy atom. The maximum Gasteiger partial charge on any atom is 0.290 e. The molecule has 2 unspecified atom stereocenters. The lowest BCUT2D eigenvalue weighted by Gasteiger charge is -2.36. The summed E-state index contributed by atoms with van der Waals surface area (Å²) in [6.07, 6.45) is 7.56. The number of likely N-dealkylation sites (N-methyl/N-ethyl adjacent to an activating group) is 2. The number of hydrogen-bond donors (Lipinski definition) is 1. The maximum atomic E-state index is 12.2. The smallest absolute Gasteiger partial charge is 0.290 e. The van der Waals surface area contributed by atoms with Crippen molar-refractivity contribution in [2.24, 2.45) is 5.73 Å². The van der Waals surface area contributed by atoms with E-state index in [-0.39, 0.29) is 16.9 Å². The average molecular weight is 575 g/mol. The minimum Gasteiger partial charge on any atom is -0.375 e. The van der Waals surface area contributed by atoms with Crippen LogP contribution < -0.4 is 10.6 Å². The summed E-state index contributed by atoms with van der Waals surface area (Å²) >= 11 is 0. The standard InChI is InChI=1S/C29H38N10O3/c1-19-16-31-18-38(19)24-9-8-20-26(33-24)28(2,3)17-37(20)25-10-11-32-27(34-25)29(30)15-22(39(40)41)21(14-23(29)42-7)36(6)13-12-35(4)5/h8-11,14-16,18,23H,12-13,17,30H2,1-7H3. The maximum absolute atomic E-state index is 12.2. The van der Waals surface area contributed by atoms with E-state index in [2.05, 4.69) is 28.7 Å². The van der Waals surface area contributed by atoms with Gasteiger partial charge in [0, 0.05) is 63.4 Å². The highest BCUT2D eigenvalue weighted by Crippen LogP contribution is 2.43. The van der Waals surface area contributed by atoms with Crippen LogP contribution in [0, 0.1) is 17.0 Å². The molecule has 0 bridgehead atoms. The van der Waals surface area contributed by atoms with Crippen LogP contribution >= 0.6 is 0 Å². The third-order valence-corrected chi connectivity index (χ3v) is 7.88. The highest BCUT2D eigenvalue weighted by molar-refractivity contribution is 5.69. The lowest BCUT2D eigenvalue weighted by molar-refractivity contribution is -0.423. The zero-order valence-corrected chi connectivity index (χ0v) is 25.1. The monoisotopic (exact) mass is 574 g/mol. The van der Waals surface area contributed by atoms with Gasteiger partial charge in [-0.25, -0.2) is 19.9 Å². The molecule has 0 spiro atoms. The Morgan fingerprint density at radius 2 is 1.93 bits per heavy atom. The molecule has 4 heterocycles. The van der Waals surface area contributed by atoms with Crippen molar-refractivity contribution < 1.29 is 9.66 Å². The SMILES string of the molecule is COC1C=C(N(C)CCN(C)C)C([N+](=O)[O-])=CC1(N)c1nccc(N2CC(C)(C)c3nc(-n4cncc4C)ccc32)n1. The Kier molecular flexibility index (Phi) is 7.60. The van der Waals surface area contributed by atoms with Gasteiger partial charge in [0.15, 0.2) is 5.82 Å². The average Bonchev–Trinajstić information content (AvgIpc) is 3.51. The van der Waals surface area contributed by atoms with Gasteiger partial charge in [0.2, 0.25) is 0 Å². The van der Waals surface area contributed by atoms with Crippen molar-refractivity contribution in [2.45, 2.75) is 37.8 Å². The second-order valence-electron chi connectivity index (χ2n) is 11.8. The number of pyridine rings is 1. The first-order valence-electron chi connectivity index (χ1n) is 13.7. The number of nitrogens with zero attached hydrogens (tertiary/aromatic N) is 9. The summed E-state index contributed by atoms with van der Waals surface area (Å²) in [6, 6.07) is 5.81. The second kappa shape index (κ2) is 10.9. The minimum atomic E-state index is -1.47. The number of aryl methyl sites for hydroxylation is 1. The molecule has 5 rings (SSSR count). The molecule has 2 atom stereocenters. The summed E-state index contributed by atoms with van der Waals surface area (Å²) < 4.78 is 7.74. The van der Waals surface area contributed by atoms with Crippen molar-refractivity contribution in [1.82, 2.24) is 34.3 Å². The van der Waals surface area contributed by atoms with Crippen LogP contribution in [0.3, 0.4) is 0 Å². The molecule has 0 saturated heterocycles. The van der Waals surface area contributed by atoms with Gasteiger partial charge in [-0.2, -0.15) is 0 Å². The van der Waals surface area contributed by atoms with Crippen LogP contribution in [0.15, 0.2) is 60.5 Å². The quantitative estimate of drug-likeness (QED) is 0.297. The molecule has 42 heavy (non-hydrogen) atoms. The largest absolute Gasteiger partial charge is 0.375 e. The molecule has 0 saturated carbocycles. The summed E-state index contributed by atoms with van der Waals surface area (Å²) in [4.78, 5) is 36.4. The third-order valence-electron chi connectivity index (χ3n) is 7.88. The highest BCUT2D eigenvalue weighted by atomic mass is 16.6. The molecule has 2 aliphatic rings. The fourth-order valence-electron chi connectivity index (χ4n) is 5.50. The number of ether oxygens (including phenoxy) is 1. The molecule has 1 aliphatic carbocycles. The van der Waals surface area contributed by atoms with E-state index in [1.54, 1.807) is 24.8 Å². The van der Waals surface area contributed by atoms with Crippen LogP contribution in [0.1, 0.15) is 31.1 Å². The number of nitro groups is 1. The van der Waals surface area contributed by atoms with Gasteiger partial charge in [-0.05, 0) is 45.3 Å². The van der Waals surface area contributed by atoms with E-state index in [1.807, 2.05) is 60.6 Å². The van der Waals surface area contributed by atoms with Crippen LogP contribution in [0.4, 0.5) is 11.5 Å². The molecule has 0 amide bonds. The van der Waals surface area contributed by atoms with Crippen molar-refractivity contribution in [1.29, 1.82) is 0 Å². The first-order valence-corrected chi connectivity index (χ1v) is 13.7. The molecule has 3 aromatic rings. The van der Waals surface area contributed by atoms with Gasteiger partial charge in [0.1, 0.15) is 35.3 Å². The fraction of sp³-hybridized carbons (Fsp3) is 0.448. The zero-order chi connectivity index (χ0) is 30.4. The molecule has 3 aromatic heterocycles. The molecular formula is C29H38N10O3. The molecule has 0 radical (unpaired) electrons. The van der Waals surface area contributed by atoms with E-state index in [0.717, 1.165) is 29.4 Å². The molecular weight excluding hydrogens is 536 g/mol. The number of methoxy groups -OCH3 is 1. The lowest BCUT2D eigenvalue weighted by Crippen LogP contribution is -2.51. The van der Waals surface area contributed by atoms with Gasteiger partial charge in [0.25, 0.3) is 5.70 Å². The van der Waals surface area contributed by atoms with E-state index in [0.29, 0.717) is 24.6 Å². The van der Waals surface area contributed by atoms with Crippen LogP contribution in [0.25, 0.3) is 5.82 Å². The summed E-state index contributed by atoms with van der Waals surface area (Å²) in [7, 11) is 7.26. The fourth-order valence-corrected chi connectivity index (χ4v) is 5.50. The van der Waals surface area contributed by atoms with E-state index < -0.39 is 16.6 Å². The number of fused-ring (bicyclic) bond motifs is 1. The Labute approximate surface area is 245 Å². The van der Waals surface area contributed by atoms with E-state index in [1.165, 1.54) is 13.2 Å². The van der Waals surface area contributed by atoms with Crippen molar-refractivity contribution in [3.63, 3.8) is 0 Å². The number of hydrogen-bond acceptors (Lipinski definition) is 11. The minimum absolute atomic E-state index is 0.111. The normalized spacial score (nSPS) is 21.3. The first-order chi connectivity index (χ1) is 19.9. The Morgan fingerprint density at radius 1 is 1.17 bits per heavy atom. The van der Waals surface area contributed by atoms with Crippen LogP contribution in [0.5, 0.6) is 0 Å². The summed E-state index contributed by atoms with van der Waals surface area (Å²) in [5, 5.41) is 12.2. The van der Waals surface area contributed by atoms with Gasteiger partial charge < -0.3 is 25.2 Å². The number of aromatic nitrogens is 5. The van der Waals surface area contributed by atoms with Gasteiger partial charge in [0.05, 0.1) is 16.3 Å². The third kappa shape index (κ3) is 5.14. The molecule has 2 N–H and O–H groups in total. The molecule has 0 aromatic carbocycles. The van der Waals surface area contributed by atoms with E-state index in [4.69, 9.17) is 20.4 Å². The zero-order valence-electron chi connectivity index (χ0n) is 25.1. The molecule has 13 heteroatoms. The van der Waals surface area contributed by atoms with Crippen LogP contribution in [0.2, 0.25) is 0 Å². The van der Waals surface area contributed by atoms with Crippen LogP contribution in [-0.4, -0.2) is 93.2 Å². The van der Waals surface area contributed by atoms with Crippen molar-refractivity contribution >= 4 is 11.5 Å². The Hall–Kier alpha value is -4.20. The Bertz CT molecular complexity index is 1560. The predicted octanol–water partition coefficient (Wildman–Crippen LogP) is 2.52. The highest BCUT2D eigenvalue weighted by Gasteiger charge is 2.46. The Balaban J connectivity index is 1.52. The van der Waals surface area contributed by atoms with Gasteiger partial charge in [-0.1, -0.05) is 13.8 Å². The van der Waals surface area contributed by atoms with Crippen molar-refractivity contribution in [3.8, 4) is 5.82 Å². The van der Waals surface area contributed by atoms with Crippen molar-refractivity contribution in [3.05, 3.63) is 87.8 Å². The van der Waals surface area contributed by atoms with Gasteiger partial charge in [-0.15, -0.1) is 0 Å². The lowest BCUT2D eigenvalue weighted by atomic mass is 9.85. The van der Waals surface area contributed by atoms with Gasteiger partial charge >= 0.3 is 0 Å². The molecule has 0 fully saturated rings. The second-order valence-corrected chi connectivity index (χ2v) is 11.8. The first kappa shape index (κ1) is 29.3. The predicted molar refractivity (Wildman–Crippen MR) is 159 cm³/mol. The molecule has 1 aliphatic heterocycles. The number of nitrogens with two attached hydrogens (primary N) is 1. The number of imidazole rings is 1. The molecule has 13 nitrogen and oxygen atoms in total. The number of anilines is 2. The van der Waals surface area contributed by atoms with E-state index in [9.17, 15) is 10.1 Å². The summed E-state index contributed by atoms with van der Waals surface area (Å²) in [6.45, 7) is 8.21. The topological polar surface area (TPSA) is 145 Å². The van der Waals surface area contributed by atoms with Crippen molar-refractivity contribution in [2.75, 3.05) is 52.8 Å². The molecule has 222 valence electrons. The van der Waals surface area contributed by atoms with Crippen LogP contribution in [-0.2, 0) is 15.7 Å². The van der Waals surface area contributed by atoms with Gasteiger partial charge in [-0.3, -0.25) is 14.7 Å². The number of rotatable bonds is 9. The summed E-state index contributed by atoms with van der Waals surface area (Å²) in [5.74, 6) is 1.64. The summed E-state index contributed by atoms with van der Waals surface area (Å²) in [5.41, 5.74) is 8.34. The van der Waals surface area contributed by atoms with E-state index >= 15 is 0 Å².